The number of benzene rings is 2. The minimum atomic E-state index is -1.09. The van der Waals surface area contributed by atoms with E-state index in [1.807, 2.05) is 30.3 Å². The first-order chi connectivity index (χ1) is 10.1. The number of halogens is 1. The van der Waals surface area contributed by atoms with Gasteiger partial charge in [-0.25, -0.2) is 4.79 Å². The predicted octanol–water partition coefficient (Wildman–Crippen LogP) is 3.78. The number of amides is 1. The van der Waals surface area contributed by atoms with E-state index in [9.17, 15) is 4.79 Å². The minimum Gasteiger partial charge on any atom is -0.490 e. The number of hydrogen-bond donors (Lipinski definition) is 2. The van der Waals surface area contributed by atoms with Crippen LogP contribution in [0.3, 0.4) is 0 Å². The van der Waals surface area contributed by atoms with Gasteiger partial charge in [0.05, 0.1) is 11.6 Å². The molecule has 0 heterocycles. The summed E-state index contributed by atoms with van der Waals surface area (Å²) in [5.74, 6) is 1.79. The molecular formula is C15H14ClNO4. The molecule has 2 rings (SSSR count). The molecule has 5 nitrogen and oxygen atoms in total. The molecule has 6 heteroatoms. The Labute approximate surface area is 127 Å². The Kier molecular flexibility index (Phi) is 5.29. The average Bonchev–Trinajstić information content (AvgIpc) is 2.46. The maximum absolute atomic E-state index is 10.3. The highest BCUT2D eigenvalue weighted by Crippen LogP contribution is 2.31. The number of nitrogens with one attached hydrogen (secondary N) is 1. The standard InChI is InChI=1S/C15H14ClNO4/c16-13-10-12(21-11-4-2-1-3-5-11)6-7-14(13)20-9-8-17-15(18)19/h1-7,10,17H,8-9H2,(H,18,19). The van der Waals surface area contributed by atoms with Crippen LogP contribution in [0.15, 0.2) is 48.5 Å². The third-order valence-electron chi connectivity index (χ3n) is 2.52. The van der Waals surface area contributed by atoms with Gasteiger partial charge in [-0.2, -0.15) is 0 Å². The third-order valence-corrected chi connectivity index (χ3v) is 2.81. The van der Waals surface area contributed by atoms with E-state index >= 15 is 0 Å². The summed E-state index contributed by atoms with van der Waals surface area (Å²) in [4.78, 5) is 10.3. The fourth-order valence-electron chi connectivity index (χ4n) is 1.61. The van der Waals surface area contributed by atoms with Gasteiger partial charge >= 0.3 is 6.09 Å². The molecule has 0 bridgehead atoms. The van der Waals surface area contributed by atoms with Crippen molar-refractivity contribution in [1.29, 1.82) is 0 Å². The maximum Gasteiger partial charge on any atom is 0.404 e. The molecule has 110 valence electrons. The summed E-state index contributed by atoms with van der Waals surface area (Å²) in [6.45, 7) is 0.388. The summed E-state index contributed by atoms with van der Waals surface area (Å²) in [5, 5.41) is 11.0. The summed E-state index contributed by atoms with van der Waals surface area (Å²) >= 11 is 6.10. The van der Waals surface area contributed by atoms with E-state index < -0.39 is 6.09 Å². The summed E-state index contributed by atoms with van der Waals surface area (Å²) < 4.78 is 11.0. The predicted molar refractivity (Wildman–Crippen MR) is 79.5 cm³/mol. The first-order valence-corrected chi connectivity index (χ1v) is 6.65. The summed E-state index contributed by atoms with van der Waals surface area (Å²) in [7, 11) is 0. The van der Waals surface area contributed by atoms with Crippen LogP contribution < -0.4 is 14.8 Å². The van der Waals surface area contributed by atoms with Crippen LogP contribution in [0.25, 0.3) is 0 Å². The molecule has 0 atom stereocenters. The second-order valence-electron chi connectivity index (χ2n) is 4.09. The number of ether oxygens (including phenoxy) is 2. The molecule has 0 fully saturated rings. The Morgan fingerprint density at radius 3 is 2.57 bits per heavy atom. The second kappa shape index (κ2) is 7.40. The molecule has 0 radical (unpaired) electrons. The Balaban J connectivity index is 1.92. The lowest BCUT2D eigenvalue weighted by molar-refractivity contribution is 0.191. The number of hydrogen-bond acceptors (Lipinski definition) is 3. The number of carbonyl (C=O) groups is 1. The molecular weight excluding hydrogens is 294 g/mol. The minimum absolute atomic E-state index is 0.188. The molecule has 0 aliphatic rings. The van der Waals surface area contributed by atoms with Crippen molar-refractivity contribution in [3.8, 4) is 17.2 Å². The largest absolute Gasteiger partial charge is 0.490 e. The highest BCUT2D eigenvalue weighted by atomic mass is 35.5. The molecule has 21 heavy (non-hydrogen) atoms. The van der Waals surface area contributed by atoms with Crippen molar-refractivity contribution in [2.45, 2.75) is 0 Å². The molecule has 0 unspecified atom stereocenters. The number of rotatable bonds is 6. The number of para-hydroxylation sites is 1. The molecule has 1 amide bonds. The lowest BCUT2D eigenvalue weighted by Crippen LogP contribution is -2.26. The lowest BCUT2D eigenvalue weighted by atomic mass is 10.3. The first kappa shape index (κ1) is 15.0. The van der Waals surface area contributed by atoms with Crippen LogP contribution in [0.1, 0.15) is 0 Å². The van der Waals surface area contributed by atoms with Gasteiger partial charge in [-0.1, -0.05) is 29.8 Å². The average molecular weight is 308 g/mol. The molecule has 0 aliphatic carbocycles. The highest BCUT2D eigenvalue weighted by Gasteiger charge is 2.05. The van der Waals surface area contributed by atoms with E-state index in [1.54, 1.807) is 18.2 Å². The third kappa shape index (κ3) is 4.89. The molecule has 0 saturated heterocycles. The Morgan fingerprint density at radius 1 is 1.14 bits per heavy atom. The van der Waals surface area contributed by atoms with E-state index in [0.717, 1.165) is 0 Å². The van der Waals surface area contributed by atoms with Gasteiger partial charge in [0, 0.05) is 6.07 Å². The first-order valence-electron chi connectivity index (χ1n) is 6.27. The monoisotopic (exact) mass is 307 g/mol. The molecule has 0 aromatic heterocycles. The highest BCUT2D eigenvalue weighted by molar-refractivity contribution is 6.32. The smallest absolute Gasteiger partial charge is 0.404 e. The van der Waals surface area contributed by atoms with Gasteiger partial charge in [0.25, 0.3) is 0 Å². The van der Waals surface area contributed by atoms with Crippen molar-refractivity contribution >= 4 is 17.7 Å². The Morgan fingerprint density at radius 2 is 1.90 bits per heavy atom. The molecule has 0 saturated carbocycles. The SMILES string of the molecule is O=C(O)NCCOc1ccc(Oc2ccccc2)cc1Cl. The summed E-state index contributed by atoms with van der Waals surface area (Å²) in [6.07, 6.45) is -1.09. The van der Waals surface area contributed by atoms with Crippen molar-refractivity contribution in [3.05, 3.63) is 53.6 Å². The van der Waals surface area contributed by atoms with Crippen LogP contribution in [0.2, 0.25) is 5.02 Å². The Hall–Kier alpha value is -2.40. The Bertz CT molecular complexity index is 604. The van der Waals surface area contributed by atoms with E-state index in [-0.39, 0.29) is 13.2 Å². The fraction of sp³-hybridized carbons (Fsp3) is 0.133. The topological polar surface area (TPSA) is 67.8 Å². The van der Waals surface area contributed by atoms with Gasteiger partial charge in [-0.15, -0.1) is 0 Å². The van der Waals surface area contributed by atoms with Gasteiger partial charge in [0.1, 0.15) is 23.9 Å². The van der Waals surface area contributed by atoms with Gasteiger partial charge < -0.3 is 19.9 Å². The van der Waals surface area contributed by atoms with Crippen LogP contribution in [-0.2, 0) is 0 Å². The summed E-state index contributed by atoms with van der Waals surface area (Å²) in [6, 6.07) is 14.4. The van der Waals surface area contributed by atoms with Crippen molar-refractivity contribution in [1.82, 2.24) is 5.32 Å². The van der Waals surface area contributed by atoms with E-state index in [1.165, 1.54) is 0 Å². The van der Waals surface area contributed by atoms with E-state index in [2.05, 4.69) is 5.32 Å². The van der Waals surface area contributed by atoms with Gasteiger partial charge in [-0.3, -0.25) is 0 Å². The zero-order valence-electron chi connectivity index (χ0n) is 11.1. The number of carboxylic acid groups (broad SMARTS) is 1. The van der Waals surface area contributed by atoms with Crippen LogP contribution in [0, 0.1) is 0 Å². The molecule has 0 spiro atoms. The molecule has 0 aliphatic heterocycles. The maximum atomic E-state index is 10.3. The molecule has 2 aromatic carbocycles. The molecule has 2 aromatic rings. The van der Waals surface area contributed by atoms with Gasteiger partial charge in [0.15, 0.2) is 0 Å². The summed E-state index contributed by atoms with van der Waals surface area (Å²) in [5.41, 5.74) is 0. The quantitative estimate of drug-likeness (QED) is 0.797. The van der Waals surface area contributed by atoms with Crippen molar-refractivity contribution in [2.24, 2.45) is 0 Å². The van der Waals surface area contributed by atoms with Crippen LogP contribution >= 0.6 is 11.6 Å². The van der Waals surface area contributed by atoms with Gasteiger partial charge in [0.2, 0.25) is 0 Å². The van der Waals surface area contributed by atoms with Crippen LogP contribution in [0.4, 0.5) is 4.79 Å². The molecule has 2 N–H and O–H groups in total. The lowest BCUT2D eigenvalue weighted by Gasteiger charge is -2.10. The van der Waals surface area contributed by atoms with E-state index in [0.29, 0.717) is 22.3 Å². The van der Waals surface area contributed by atoms with E-state index in [4.69, 9.17) is 26.2 Å². The van der Waals surface area contributed by atoms with Crippen LogP contribution in [0.5, 0.6) is 17.2 Å². The zero-order chi connectivity index (χ0) is 15.1. The normalized spacial score (nSPS) is 9.95. The van der Waals surface area contributed by atoms with Crippen molar-refractivity contribution in [3.63, 3.8) is 0 Å². The van der Waals surface area contributed by atoms with Gasteiger partial charge in [-0.05, 0) is 24.3 Å². The zero-order valence-corrected chi connectivity index (χ0v) is 11.8. The van der Waals surface area contributed by atoms with Crippen LogP contribution in [-0.4, -0.2) is 24.4 Å². The fourth-order valence-corrected chi connectivity index (χ4v) is 1.83. The van der Waals surface area contributed by atoms with Crippen molar-refractivity contribution < 1.29 is 19.4 Å². The second-order valence-corrected chi connectivity index (χ2v) is 4.49. The van der Waals surface area contributed by atoms with Crippen molar-refractivity contribution in [2.75, 3.05) is 13.2 Å².